The second-order valence-electron chi connectivity index (χ2n) is 8.64. The van der Waals surface area contributed by atoms with Gasteiger partial charge in [0.15, 0.2) is 24.8 Å². The Labute approximate surface area is 216 Å². The molecular formula is C24H40N4O2P2S2. The van der Waals surface area contributed by atoms with Crippen molar-refractivity contribution in [3.05, 3.63) is 48.6 Å². The predicted molar refractivity (Wildman–Crippen MR) is 156 cm³/mol. The molecule has 0 radical (unpaired) electrons. The summed E-state index contributed by atoms with van der Waals surface area (Å²) in [5, 5.41) is 7.40. The zero-order valence-electron chi connectivity index (χ0n) is 20.9. The molecule has 0 aromatic rings. The molecule has 190 valence electrons. The molecule has 0 spiro atoms. The van der Waals surface area contributed by atoms with Gasteiger partial charge in [-0.3, -0.25) is 0 Å². The summed E-state index contributed by atoms with van der Waals surface area (Å²) < 4.78 is 26.1. The lowest BCUT2D eigenvalue weighted by atomic mass is 10.1. The van der Waals surface area contributed by atoms with Crippen molar-refractivity contribution in [3.63, 3.8) is 0 Å². The monoisotopic (exact) mass is 542 g/mol. The lowest BCUT2D eigenvalue weighted by Gasteiger charge is -2.34. The third-order valence-electron chi connectivity index (χ3n) is 6.37. The fourth-order valence-electron chi connectivity index (χ4n) is 3.75. The standard InChI is InChI=1S/C24H40N4O2P2S2/c1-5-31(29,6-2)25-23(33)27(19-21-13-9-10-14-21)17-18-28(20-22-15-11-12-16-22)24(34)26-32(30,7-3)8-4/h9-16,21-22H,5-8,17-20H2,1-4H3,(H,25,29,33)(H,26,30,34). The fourth-order valence-corrected chi connectivity index (χ4v) is 7.59. The van der Waals surface area contributed by atoms with Crippen molar-refractivity contribution in [2.24, 2.45) is 11.8 Å². The van der Waals surface area contributed by atoms with Gasteiger partial charge in [0.25, 0.3) is 0 Å². The van der Waals surface area contributed by atoms with Crippen LogP contribution in [0.15, 0.2) is 48.6 Å². The van der Waals surface area contributed by atoms with Gasteiger partial charge in [-0.25, -0.2) is 0 Å². The Hall–Kier alpha value is -1.20. The number of nitrogens with zero attached hydrogens (tertiary/aromatic N) is 2. The smallest absolute Gasteiger partial charge is 0.174 e. The Morgan fingerprint density at radius 1 is 0.676 bits per heavy atom. The molecule has 0 amide bonds. The summed E-state index contributed by atoms with van der Waals surface area (Å²) in [7, 11) is -5.08. The van der Waals surface area contributed by atoms with E-state index in [1.807, 2.05) is 52.0 Å². The molecule has 2 aliphatic carbocycles. The molecule has 10 heteroatoms. The first kappa shape index (κ1) is 29.0. The van der Waals surface area contributed by atoms with Crippen molar-refractivity contribution < 1.29 is 9.13 Å². The van der Waals surface area contributed by atoms with Crippen LogP contribution in [0, 0.1) is 11.8 Å². The van der Waals surface area contributed by atoms with E-state index in [9.17, 15) is 9.13 Å². The summed E-state index contributed by atoms with van der Waals surface area (Å²) in [5.74, 6) is 0.504. The van der Waals surface area contributed by atoms with Crippen molar-refractivity contribution in [3.8, 4) is 0 Å². The van der Waals surface area contributed by atoms with Crippen molar-refractivity contribution in [2.45, 2.75) is 27.7 Å². The van der Waals surface area contributed by atoms with Crippen LogP contribution in [0.1, 0.15) is 27.7 Å². The van der Waals surface area contributed by atoms with E-state index >= 15 is 0 Å². The minimum absolute atomic E-state index is 0.252. The largest absolute Gasteiger partial charge is 0.346 e. The van der Waals surface area contributed by atoms with Gasteiger partial charge in [-0.05, 0) is 24.4 Å². The maximum atomic E-state index is 13.1. The fraction of sp³-hybridized carbons (Fsp3) is 0.583. The van der Waals surface area contributed by atoms with Gasteiger partial charge in [-0.15, -0.1) is 0 Å². The number of rotatable bonds is 13. The van der Waals surface area contributed by atoms with Crippen LogP contribution in [-0.4, -0.2) is 70.9 Å². The number of allylic oxidation sites excluding steroid dienone is 4. The Balaban J connectivity index is 2.17. The molecule has 0 aliphatic heterocycles. The SMILES string of the molecule is CCP(=O)(CC)NC(=S)N(CCN(CC1C=CC=C1)C(=S)NP(=O)(CC)CC)CC1C=CC=C1. The molecule has 0 saturated heterocycles. The molecule has 2 aliphatic rings. The molecule has 0 aromatic heterocycles. The molecular weight excluding hydrogens is 502 g/mol. The maximum Gasteiger partial charge on any atom is 0.174 e. The van der Waals surface area contributed by atoms with Gasteiger partial charge < -0.3 is 29.1 Å². The minimum atomic E-state index is -2.54. The third kappa shape index (κ3) is 8.78. The van der Waals surface area contributed by atoms with Gasteiger partial charge in [-0.2, -0.15) is 0 Å². The topological polar surface area (TPSA) is 64.7 Å². The van der Waals surface area contributed by atoms with Crippen LogP contribution < -0.4 is 10.2 Å². The molecule has 0 atom stereocenters. The van der Waals surface area contributed by atoms with Gasteiger partial charge in [0, 0.05) is 62.7 Å². The zero-order valence-corrected chi connectivity index (χ0v) is 24.3. The molecule has 0 saturated carbocycles. The first-order chi connectivity index (χ1) is 16.2. The van der Waals surface area contributed by atoms with Gasteiger partial charge in [0.2, 0.25) is 0 Å². The van der Waals surface area contributed by atoms with Gasteiger partial charge >= 0.3 is 0 Å². The molecule has 2 rings (SSSR count). The second-order valence-corrected chi connectivity index (χ2v) is 15.9. The molecule has 2 N–H and O–H groups in total. The second kappa shape index (κ2) is 13.8. The van der Waals surface area contributed by atoms with E-state index in [0.29, 0.717) is 61.1 Å². The molecule has 0 fully saturated rings. The summed E-state index contributed by atoms with van der Waals surface area (Å²) in [6.07, 6.45) is 19.0. The Morgan fingerprint density at radius 3 is 1.24 bits per heavy atom. The number of hydrogen-bond acceptors (Lipinski definition) is 4. The van der Waals surface area contributed by atoms with Crippen LogP contribution in [0.2, 0.25) is 0 Å². The van der Waals surface area contributed by atoms with E-state index in [1.54, 1.807) is 0 Å². The quantitative estimate of drug-likeness (QED) is 0.235. The molecule has 6 nitrogen and oxygen atoms in total. The van der Waals surface area contributed by atoms with Gasteiger partial charge in [0.1, 0.15) is 0 Å². The van der Waals surface area contributed by atoms with E-state index in [-0.39, 0.29) is 11.8 Å². The van der Waals surface area contributed by atoms with Crippen LogP contribution >= 0.6 is 39.0 Å². The number of nitrogens with one attached hydrogen (secondary N) is 2. The van der Waals surface area contributed by atoms with Crippen LogP contribution in [0.3, 0.4) is 0 Å². The molecule has 0 aromatic carbocycles. The van der Waals surface area contributed by atoms with Gasteiger partial charge in [0.05, 0.1) is 0 Å². The van der Waals surface area contributed by atoms with Crippen LogP contribution in [-0.2, 0) is 9.13 Å². The molecule has 0 bridgehead atoms. The molecule has 34 heavy (non-hydrogen) atoms. The van der Waals surface area contributed by atoms with Crippen molar-refractivity contribution in [1.82, 2.24) is 20.0 Å². The van der Waals surface area contributed by atoms with Crippen LogP contribution in [0.25, 0.3) is 0 Å². The lowest BCUT2D eigenvalue weighted by molar-refractivity contribution is 0.321. The Kier molecular flexibility index (Phi) is 11.8. The highest BCUT2D eigenvalue weighted by atomic mass is 32.1. The minimum Gasteiger partial charge on any atom is -0.346 e. The molecule has 0 heterocycles. The highest BCUT2D eigenvalue weighted by Crippen LogP contribution is 2.40. The average Bonchev–Trinajstić information content (AvgIpc) is 3.54. The summed E-state index contributed by atoms with van der Waals surface area (Å²) >= 11 is 11.5. The highest BCUT2D eigenvalue weighted by Gasteiger charge is 2.25. The lowest BCUT2D eigenvalue weighted by Crippen LogP contribution is -2.48. The van der Waals surface area contributed by atoms with Crippen LogP contribution in [0.4, 0.5) is 0 Å². The zero-order chi connectivity index (χ0) is 25.2. The first-order valence-corrected chi connectivity index (χ1v) is 17.1. The van der Waals surface area contributed by atoms with E-state index in [1.165, 1.54) is 0 Å². The van der Waals surface area contributed by atoms with Gasteiger partial charge in [-0.1, -0.05) is 76.3 Å². The third-order valence-corrected chi connectivity index (χ3v) is 12.7. The van der Waals surface area contributed by atoms with Crippen LogP contribution in [0.5, 0.6) is 0 Å². The van der Waals surface area contributed by atoms with E-state index in [2.05, 4.69) is 44.3 Å². The first-order valence-electron chi connectivity index (χ1n) is 12.2. The summed E-state index contributed by atoms with van der Waals surface area (Å²) in [6, 6.07) is 0. The van der Waals surface area contributed by atoms with E-state index in [0.717, 1.165) is 0 Å². The van der Waals surface area contributed by atoms with E-state index in [4.69, 9.17) is 24.4 Å². The summed E-state index contributed by atoms with van der Waals surface area (Å²) in [6.45, 7) is 10.4. The number of hydrogen-bond donors (Lipinski definition) is 2. The van der Waals surface area contributed by atoms with Crippen molar-refractivity contribution >= 4 is 49.2 Å². The highest BCUT2D eigenvalue weighted by molar-refractivity contribution is 7.81. The van der Waals surface area contributed by atoms with Crippen molar-refractivity contribution in [2.75, 3.05) is 50.8 Å². The Bertz CT molecular complexity index is 818. The predicted octanol–water partition coefficient (Wildman–Crippen LogP) is 5.46. The Morgan fingerprint density at radius 2 is 0.971 bits per heavy atom. The summed E-state index contributed by atoms with van der Waals surface area (Å²) in [5.41, 5.74) is 0. The summed E-state index contributed by atoms with van der Waals surface area (Å²) in [4.78, 5) is 4.18. The van der Waals surface area contributed by atoms with Crippen molar-refractivity contribution in [1.29, 1.82) is 0 Å². The molecule has 0 unspecified atom stereocenters. The van der Waals surface area contributed by atoms with E-state index < -0.39 is 14.6 Å². The average molecular weight is 543 g/mol. The maximum absolute atomic E-state index is 13.1. The normalized spacial score (nSPS) is 15.8. The number of thiocarbonyl (C=S) groups is 2.